The molecule has 0 saturated heterocycles. The molecule has 0 aromatic carbocycles. The Morgan fingerprint density at radius 3 is 2.11 bits per heavy atom. The average molecular weight is 275 g/mol. The fourth-order valence-electron chi connectivity index (χ4n) is 1.58. The van der Waals surface area contributed by atoms with E-state index in [0.717, 1.165) is 38.3 Å². The van der Waals surface area contributed by atoms with Gasteiger partial charge in [0.1, 0.15) is 0 Å². The Morgan fingerprint density at radius 2 is 1.56 bits per heavy atom. The van der Waals surface area contributed by atoms with Crippen LogP contribution in [0.1, 0.15) is 32.1 Å². The van der Waals surface area contributed by atoms with Gasteiger partial charge in [-0.25, -0.2) is 0 Å². The maximum atomic E-state index is 5.42. The lowest BCUT2D eigenvalue weighted by atomic mass is 10.2. The minimum absolute atomic E-state index is 0.751. The smallest absolute Gasteiger partial charge is 0.377 e. The minimum atomic E-state index is -2.42. The predicted molar refractivity (Wildman–Crippen MR) is 78.0 cm³/mol. The molecule has 0 aromatic heterocycles. The van der Waals surface area contributed by atoms with E-state index in [1.807, 2.05) is 12.4 Å². The first-order chi connectivity index (χ1) is 8.74. The van der Waals surface area contributed by atoms with Crippen LogP contribution in [0.15, 0.2) is 0 Å². The van der Waals surface area contributed by atoms with Crippen molar-refractivity contribution in [2.24, 2.45) is 5.73 Å². The highest BCUT2D eigenvalue weighted by molar-refractivity contribution is 6.60. The van der Waals surface area contributed by atoms with Gasteiger partial charge in [-0.15, -0.1) is 4.67 Å². The number of hydrogen-bond donors (Lipinski definition) is 1. The molecule has 0 saturated carbocycles. The van der Waals surface area contributed by atoms with E-state index in [0.29, 0.717) is 0 Å². The molecule has 0 aliphatic carbocycles. The molecule has 0 amide bonds. The summed E-state index contributed by atoms with van der Waals surface area (Å²) in [7, 11) is 2.45. The lowest BCUT2D eigenvalue weighted by Gasteiger charge is -2.22. The summed E-state index contributed by atoms with van der Waals surface area (Å²) in [5.74, 6) is 0. The molecule has 0 atom stereocenters. The van der Waals surface area contributed by atoms with Gasteiger partial charge >= 0.3 is 8.80 Å². The first-order valence-corrected chi connectivity index (χ1v) is 8.36. The van der Waals surface area contributed by atoms with Crippen LogP contribution in [0.4, 0.5) is 0 Å². The second-order valence-electron chi connectivity index (χ2n) is 3.99. The van der Waals surface area contributed by atoms with E-state index in [1.54, 1.807) is 21.3 Å². The van der Waals surface area contributed by atoms with Gasteiger partial charge in [0, 0.05) is 40.2 Å². The normalized spacial score (nSPS) is 11.1. The van der Waals surface area contributed by atoms with Crippen LogP contribution in [0.5, 0.6) is 0 Å². The van der Waals surface area contributed by atoms with Crippen LogP contribution in [0.2, 0.25) is 6.04 Å². The van der Waals surface area contributed by atoms with Crippen molar-refractivity contribution in [1.29, 1.82) is 0 Å². The Labute approximate surface area is 111 Å². The molecule has 0 bridgehead atoms. The van der Waals surface area contributed by atoms with Gasteiger partial charge in [-0.2, -0.15) is 0 Å². The molecule has 106 valence electrons. The van der Waals surface area contributed by atoms with Crippen LogP contribution < -0.4 is 10.4 Å². The van der Waals surface area contributed by atoms with Gasteiger partial charge in [0.25, 0.3) is 12.4 Å². The van der Waals surface area contributed by atoms with E-state index in [9.17, 15) is 0 Å². The molecule has 0 spiro atoms. The van der Waals surface area contributed by atoms with Gasteiger partial charge < -0.3 is 19.0 Å². The number of unbranched alkanes of at least 4 members (excludes halogenated alkanes) is 3. The van der Waals surface area contributed by atoms with Gasteiger partial charge in [0.15, 0.2) is 0 Å². The second-order valence-corrected chi connectivity index (χ2v) is 7.08. The number of hydrogen-bond acceptors (Lipinski definition) is 4. The molecule has 0 aromatic rings. The van der Waals surface area contributed by atoms with E-state index in [-0.39, 0.29) is 0 Å². The van der Waals surface area contributed by atoms with Crippen LogP contribution >= 0.6 is 0 Å². The van der Waals surface area contributed by atoms with Crippen molar-refractivity contribution in [2.75, 3.05) is 27.9 Å². The van der Waals surface area contributed by atoms with Gasteiger partial charge in [0.2, 0.25) is 0 Å². The fraction of sp³-hybridized carbons (Fsp3) is 0.833. The van der Waals surface area contributed by atoms with Crippen molar-refractivity contribution in [2.45, 2.75) is 38.1 Å². The molecule has 0 rings (SSSR count). The number of nitrogens with two attached hydrogens (primary N) is 1. The standard InChI is InChI=1S/C12H27N2O3Si/c1-15-18(16-2,17-3)12-8-11-14-10-7-5-4-6-9-13/h10-11H,4-9,12-13H2,1-3H3/q+1. The van der Waals surface area contributed by atoms with E-state index in [2.05, 4.69) is 4.67 Å². The first-order valence-electron chi connectivity index (χ1n) is 6.43. The lowest BCUT2D eigenvalue weighted by molar-refractivity contribution is 0.124. The Hall–Kier alpha value is -0.493. The number of rotatable bonds is 11. The Morgan fingerprint density at radius 1 is 0.944 bits per heavy atom. The van der Waals surface area contributed by atoms with Gasteiger partial charge in [-0.1, -0.05) is 6.42 Å². The summed E-state index contributed by atoms with van der Waals surface area (Å²) in [6.07, 6.45) is 9.09. The molecule has 18 heavy (non-hydrogen) atoms. The van der Waals surface area contributed by atoms with Crippen molar-refractivity contribution < 1.29 is 13.3 Å². The van der Waals surface area contributed by atoms with Crippen molar-refractivity contribution in [3.8, 4) is 0 Å². The van der Waals surface area contributed by atoms with Gasteiger partial charge in [-0.3, -0.25) is 0 Å². The molecule has 5 nitrogen and oxygen atoms in total. The molecule has 0 aliphatic heterocycles. The van der Waals surface area contributed by atoms with Crippen LogP contribution in [-0.2, 0) is 13.3 Å². The summed E-state index contributed by atoms with van der Waals surface area (Å²) >= 11 is 0. The lowest BCUT2D eigenvalue weighted by Crippen LogP contribution is -2.42. The van der Waals surface area contributed by atoms with Crippen LogP contribution in [0.25, 0.3) is 0 Å². The minimum Gasteiger partial charge on any atom is -0.377 e. The Bertz CT molecular complexity index is 243. The first kappa shape index (κ1) is 17.5. The topological polar surface area (TPSA) is 67.8 Å². The third-order valence-electron chi connectivity index (χ3n) is 2.76. The summed E-state index contributed by atoms with van der Waals surface area (Å²) in [5, 5.41) is 0. The zero-order valence-corrected chi connectivity index (χ0v) is 12.9. The van der Waals surface area contributed by atoms with E-state index >= 15 is 0 Å². The van der Waals surface area contributed by atoms with Crippen LogP contribution in [-0.4, -0.2) is 49.1 Å². The molecule has 0 heterocycles. The zero-order valence-electron chi connectivity index (χ0n) is 11.9. The summed E-state index contributed by atoms with van der Waals surface area (Å²) in [6.45, 7) is 0.779. The fourth-order valence-corrected chi connectivity index (χ4v) is 3.17. The molecule has 6 heteroatoms. The highest BCUT2D eigenvalue weighted by atomic mass is 28.4. The molecule has 0 aliphatic rings. The highest BCUT2D eigenvalue weighted by Gasteiger charge is 2.37. The maximum Gasteiger partial charge on any atom is 0.500 e. The Kier molecular flexibility index (Phi) is 11.3. The number of nitrogens with zero attached hydrogens (tertiary/aromatic N) is 1. The highest BCUT2D eigenvalue weighted by Crippen LogP contribution is 2.13. The monoisotopic (exact) mass is 275 g/mol. The Balaban J connectivity index is 3.77. The van der Waals surface area contributed by atoms with E-state index in [4.69, 9.17) is 19.0 Å². The van der Waals surface area contributed by atoms with E-state index in [1.165, 1.54) is 6.42 Å². The molecule has 0 radical (unpaired) electrons. The summed E-state index contributed by atoms with van der Waals surface area (Å²) in [4.78, 5) is 0. The van der Waals surface area contributed by atoms with Gasteiger partial charge in [-0.05, 0) is 19.4 Å². The summed E-state index contributed by atoms with van der Waals surface area (Å²) < 4.78 is 20.2. The molecule has 2 N–H and O–H groups in total. The zero-order chi connectivity index (χ0) is 13.7. The largest absolute Gasteiger partial charge is 0.500 e. The van der Waals surface area contributed by atoms with Crippen LogP contribution in [0.3, 0.4) is 0 Å². The van der Waals surface area contributed by atoms with Crippen molar-refractivity contribution in [3.05, 3.63) is 0 Å². The van der Waals surface area contributed by atoms with Gasteiger partial charge in [0.05, 0.1) is 0 Å². The summed E-state index contributed by atoms with van der Waals surface area (Å²) in [6, 6.07) is 0.751. The van der Waals surface area contributed by atoms with Crippen molar-refractivity contribution >= 4 is 21.2 Å². The average Bonchev–Trinajstić information content (AvgIpc) is 2.42. The third kappa shape index (κ3) is 7.76. The molecular weight excluding hydrogens is 248 g/mol. The third-order valence-corrected chi connectivity index (χ3v) is 5.53. The van der Waals surface area contributed by atoms with Crippen LogP contribution in [0, 0.1) is 0 Å². The molecule has 0 unspecified atom stereocenters. The molecular formula is C12H27N2O3Si+. The SMILES string of the molecule is CO[Si](CCC=[N+]=CCCCCCN)(OC)OC. The quantitative estimate of drug-likeness (QED) is 0.264. The van der Waals surface area contributed by atoms with Crippen molar-refractivity contribution in [3.63, 3.8) is 0 Å². The van der Waals surface area contributed by atoms with E-state index < -0.39 is 8.80 Å². The maximum absolute atomic E-state index is 5.42. The summed E-state index contributed by atoms with van der Waals surface area (Å²) in [5.41, 5.74) is 5.42. The molecule has 0 fully saturated rings. The van der Waals surface area contributed by atoms with Crippen molar-refractivity contribution in [1.82, 2.24) is 4.67 Å². The predicted octanol–water partition coefficient (Wildman–Crippen LogP) is 0.983. The second kappa shape index (κ2) is 11.6.